The van der Waals surface area contributed by atoms with Gasteiger partial charge in [-0.3, -0.25) is 4.79 Å². The van der Waals surface area contributed by atoms with E-state index in [-0.39, 0.29) is 18.6 Å². The van der Waals surface area contributed by atoms with Crippen molar-refractivity contribution in [3.05, 3.63) is 64.7 Å². The minimum Gasteiger partial charge on any atom is -0.452 e. The molecule has 1 N–H and O–H groups in total. The van der Waals surface area contributed by atoms with Crippen LogP contribution in [0.4, 0.5) is 0 Å². The number of hydrogen-bond acceptors (Lipinski definition) is 4. The van der Waals surface area contributed by atoms with Crippen LogP contribution in [0.1, 0.15) is 48.5 Å². The van der Waals surface area contributed by atoms with Gasteiger partial charge in [-0.2, -0.15) is 0 Å². The lowest BCUT2D eigenvalue weighted by Crippen LogP contribution is -2.42. The van der Waals surface area contributed by atoms with Gasteiger partial charge in [0, 0.05) is 21.7 Å². The Hall–Kier alpha value is -1.98. The fourth-order valence-corrected chi connectivity index (χ4v) is 4.41. The van der Waals surface area contributed by atoms with Gasteiger partial charge in [0.15, 0.2) is 6.61 Å². The normalized spacial score (nSPS) is 18.8. The second kappa shape index (κ2) is 10.7. The number of amides is 1. The van der Waals surface area contributed by atoms with Crippen molar-refractivity contribution in [2.45, 2.75) is 49.3 Å². The van der Waals surface area contributed by atoms with Crippen LogP contribution in [0, 0.1) is 5.92 Å². The van der Waals surface area contributed by atoms with Gasteiger partial charge < -0.3 is 10.1 Å². The Balaban J connectivity index is 1.43. The number of carbonyl (C=O) groups is 2. The second-order valence-electron chi connectivity index (χ2n) is 7.45. The molecule has 0 spiro atoms. The number of hydrogen-bond donors (Lipinski definition) is 1. The van der Waals surface area contributed by atoms with Crippen LogP contribution < -0.4 is 5.32 Å². The third-order valence-corrected chi connectivity index (χ3v) is 6.54. The Labute approximate surface area is 181 Å². The SMILES string of the molecule is C[C@H]1CCCC[C@H]1NC(=O)COC(=O)c1ccc(CSc2ccc(Cl)cc2)cc1. The molecule has 1 aliphatic rings. The first-order valence-electron chi connectivity index (χ1n) is 9.95. The lowest BCUT2D eigenvalue weighted by Gasteiger charge is -2.29. The van der Waals surface area contributed by atoms with E-state index in [1.165, 1.54) is 6.42 Å². The molecule has 2 aromatic rings. The average molecular weight is 432 g/mol. The maximum Gasteiger partial charge on any atom is 0.338 e. The summed E-state index contributed by atoms with van der Waals surface area (Å²) in [5.74, 6) is 0.558. The molecule has 0 heterocycles. The van der Waals surface area contributed by atoms with Crippen LogP contribution in [0.5, 0.6) is 0 Å². The standard InChI is InChI=1S/C23H26ClNO3S/c1-16-4-2-3-5-21(16)25-22(26)14-28-23(27)18-8-6-17(7-9-18)15-29-20-12-10-19(24)11-13-20/h6-13,16,21H,2-5,14-15H2,1H3,(H,25,26)/t16-,21+/m0/s1. The molecular formula is C23H26ClNO3S. The highest BCUT2D eigenvalue weighted by Crippen LogP contribution is 2.25. The summed E-state index contributed by atoms with van der Waals surface area (Å²) in [6.45, 7) is 1.92. The van der Waals surface area contributed by atoms with Crippen LogP contribution >= 0.6 is 23.4 Å². The molecule has 1 aliphatic carbocycles. The van der Waals surface area contributed by atoms with Crippen LogP contribution in [-0.2, 0) is 15.3 Å². The molecule has 154 valence electrons. The number of nitrogens with one attached hydrogen (secondary N) is 1. The summed E-state index contributed by atoms with van der Waals surface area (Å²) >= 11 is 7.60. The zero-order chi connectivity index (χ0) is 20.6. The number of halogens is 1. The van der Waals surface area contributed by atoms with Gasteiger partial charge in [0.2, 0.25) is 0 Å². The predicted octanol–water partition coefficient (Wildman–Crippen LogP) is 5.48. The number of esters is 1. The maximum absolute atomic E-state index is 12.2. The third kappa shape index (κ3) is 6.79. The molecule has 1 amide bonds. The fraction of sp³-hybridized carbons (Fsp3) is 0.391. The van der Waals surface area contributed by atoms with Crippen molar-refractivity contribution in [3.63, 3.8) is 0 Å². The van der Waals surface area contributed by atoms with Crippen molar-refractivity contribution in [2.24, 2.45) is 5.92 Å². The van der Waals surface area contributed by atoms with Crippen molar-refractivity contribution in [1.29, 1.82) is 0 Å². The van der Waals surface area contributed by atoms with E-state index in [1.54, 1.807) is 23.9 Å². The molecule has 3 rings (SSSR count). The van der Waals surface area contributed by atoms with Crippen LogP contribution in [0.2, 0.25) is 5.02 Å². The fourth-order valence-electron chi connectivity index (χ4n) is 3.43. The van der Waals surface area contributed by atoms with E-state index in [0.717, 1.165) is 40.5 Å². The van der Waals surface area contributed by atoms with Gasteiger partial charge in [0.05, 0.1) is 5.56 Å². The summed E-state index contributed by atoms with van der Waals surface area (Å²) in [6, 6.07) is 15.2. The van der Waals surface area contributed by atoms with Crippen LogP contribution in [0.3, 0.4) is 0 Å². The van der Waals surface area contributed by atoms with Crippen LogP contribution in [0.15, 0.2) is 53.4 Å². The first-order chi connectivity index (χ1) is 14.0. The molecule has 0 unspecified atom stereocenters. The molecular weight excluding hydrogens is 406 g/mol. The zero-order valence-corrected chi connectivity index (χ0v) is 18.1. The predicted molar refractivity (Wildman–Crippen MR) is 117 cm³/mol. The van der Waals surface area contributed by atoms with Crippen molar-refractivity contribution in [1.82, 2.24) is 5.32 Å². The van der Waals surface area contributed by atoms with Crippen molar-refractivity contribution in [3.8, 4) is 0 Å². The summed E-state index contributed by atoms with van der Waals surface area (Å²) in [4.78, 5) is 25.4. The summed E-state index contributed by atoms with van der Waals surface area (Å²) in [5, 5.41) is 3.71. The zero-order valence-electron chi connectivity index (χ0n) is 16.5. The molecule has 2 aromatic carbocycles. The Morgan fingerprint density at radius 2 is 1.76 bits per heavy atom. The first-order valence-corrected chi connectivity index (χ1v) is 11.3. The molecule has 1 fully saturated rings. The summed E-state index contributed by atoms with van der Waals surface area (Å²) in [6.07, 6.45) is 4.48. The number of thioether (sulfide) groups is 1. The molecule has 0 radical (unpaired) electrons. The van der Waals surface area contributed by atoms with E-state index in [2.05, 4.69) is 12.2 Å². The molecule has 1 saturated carbocycles. The van der Waals surface area contributed by atoms with E-state index in [9.17, 15) is 9.59 Å². The number of benzene rings is 2. The number of carbonyl (C=O) groups excluding carboxylic acids is 2. The molecule has 0 bridgehead atoms. The van der Waals surface area contributed by atoms with Gasteiger partial charge in [-0.15, -0.1) is 11.8 Å². The monoisotopic (exact) mass is 431 g/mol. The Bertz CT molecular complexity index is 823. The minimum atomic E-state index is -0.478. The van der Waals surface area contributed by atoms with E-state index in [0.29, 0.717) is 11.5 Å². The summed E-state index contributed by atoms with van der Waals surface area (Å²) in [5.41, 5.74) is 1.55. The first kappa shape index (κ1) is 21.7. The van der Waals surface area contributed by atoms with Gasteiger partial charge in [-0.1, -0.05) is 43.5 Å². The highest BCUT2D eigenvalue weighted by atomic mass is 35.5. The van der Waals surface area contributed by atoms with Crippen LogP contribution in [-0.4, -0.2) is 24.5 Å². The van der Waals surface area contributed by atoms with Crippen molar-refractivity contribution < 1.29 is 14.3 Å². The Morgan fingerprint density at radius 1 is 1.07 bits per heavy atom. The van der Waals surface area contributed by atoms with E-state index >= 15 is 0 Å². The highest BCUT2D eigenvalue weighted by Gasteiger charge is 2.23. The van der Waals surface area contributed by atoms with Gasteiger partial charge in [-0.05, 0) is 60.7 Å². The molecule has 0 saturated heterocycles. The topological polar surface area (TPSA) is 55.4 Å². The minimum absolute atomic E-state index is 0.187. The lowest BCUT2D eigenvalue weighted by atomic mass is 9.86. The van der Waals surface area contributed by atoms with Crippen molar-refractivity contribution in [2.75, 3.05) is 6.61 Å². The van der Waals surface area contributed by atoms with Crippen molar-refractivity contribution >= 4 is 35.2 Å². The molecule has 29 heavy (non-hydrogen) atoms. The molecule has 6 heteroatoms. The van der Waals surface area contributed by atoms with E-state index in [1.807, 2.05) is 36.4 Å². The van der Waals surface area contributed by atoms with E-state index < -0.39 is 5.97 Å². The average Bonchev–Trinajstić information content (AvgIpc) is 2.74. The largest absolute Gasteiger partial charge is 0.452 e. The Kier molecular flexibility index (Phi) is 8.01. The third-order valence-electron chi connectivity index (χ3n) is 5.20. The van der Waals surface area contributed by atoms with Gasteiger partial charge in [0.1, 0.15) is 0 Å². The van der Waals surface area contributed by atoms with Crippen LogP contribution in [0.25, 0.3) is 0 Å². The second-order valence-corrected chi connectivity index (χ2v) is 8.94. The molecule has 4 nitrogen and oxygen atoms in total. The number of ether oxygens (including phenoxy) is 1. The number of rotatable bonds is 7. The summed E-state index contributed by atoms with van der Waals surface area (Å²) in [7, 11) is 0. The molecule has 0 aromatic heterocycles. The summed E-state index contributed by atoms with van der Waals surface area (Å²) < 4.78 is 5.18. The maximum atomic E-state index is 12.2. The van der Waals surface area contributed by atoms with Gasteiger partial charge >= 0.3 is 5.97 Å². The van der Waals surface area contributed by atoms with E-state index in [4.69, 9.17) is 16.3 Å². The van der Waals surface area contributed by atoms with Gasteiger partial charge in [-0.25, -0.2) is 4.79 Å². The smallest absolute Gasteiger partial charge is 0.338 e. The highest BCUT2D eigenvalue weighted by molar-refractivity contribution is 7.98. The molecule has 0 aliphatic heterocycles. The quantitative estimate of drug-likeness (QED) is 0.465. The lowest BCUT2D eigenvalue weighted by molar-refractivity contribution is -0.125. The molecule has 2 atom stereocenters. The van der Waals surface area contributed by atoms with Gasteiger partial charge in [0.25, 0.3) is 5.91 Å². The Morgan fingerprint density at radius 3 is 2.45 bits per heavy atom.